The van der Waals surface area contributed by atoms with Gasteiger partial charge in [0, 0.05) is 24.8 Å². The number of urea groups is 1. The van der Waals surface area contributed by atoms with Crippen molar-refractivity contribution >= 4 is 22.5 Å². The monoisotopic (exact) mass is 438 g/mol. The Balaban J connectivity index is 1.22. The second-order valence-electron chi connectivity index (χ2n) is 8.45. The molecule has 0 aliphatic carbocycles. The van der Waals surface area contributed by atoms with Crippen LogP contribution in [0, 0.1) is 0 Å². The number of piperidine rings is 1. The maximum absolute atomic E-state index is 12.9. The topological polar surface area (TPSA) is 61.8 Å². The lowest BCUT2D eigenvalue weighted by atomic mass is 9.83. The standard InChI is InChI=1S/C28H26N2O3/c31-27(29-24-9-6-12-26(20-24)33-25-10-2-1-3-11-25)30-17-15-28(32,16-18-30)23-14-13-21-7-4-5-8-22(21)19-23/h1-14,19-20,32H,15-18H2,(H,29,31). The van der Waals surface area contributed by atoms with Crippen LogP contribution in [-0.2, 0) is 5.60 Å². The van der Waals surface area contributed by atoms with Crippen LogP contribution in [0.2, 0.25) is 0 Å². The fourth-order valence-electron chi connectivity index (χ4n) is 4.31. The normalized spacial score (nSPS) is 15.2. The fraction of sp³-hybridized carbons (Fsp3) is 0.179. The highest BCUT2D eigenvalue weighted by Crippen LogP contribution is 2.34. The number of benzene rings is 4. The van der Waals surface area contributed by atoms with Gasteiger partial charge in [0.2, 0.25) is 0 Å². The highest BCUT2D eigenvalue weighted by Gasteiger charge is 2.35. The molecule has 0 unspecified atom stereocenters. The van der Waals surface area contributed by atoms with Gasteiger partial charge in [0.05, 0.1) is 5.60 Å². The van der Waals surface area contributed by atoms with Crippen LogP contribution in [0.1, 0.15) is 18.4 Å². The Morgan fingerprint density at radius 3 is 2.27 bits per heavy atom. The summed E-state index contributed by atoms with van der Waals surface area (Å²) in [6.45, 7) is 0.963. The molecular formula is C28H26N2O3. The Morgan fingerprint density at radius 2 is 1.48 bits per heavy atom. The Labute approximate surface area is 193 Å². The molecule has 5 rings (SSSR count). The summed E-state index contributed by atoms with van der Waals surface area (Å²) in [5, 5.41) is 16.5. The minimum absolute atomic E-state index is 0.174. The number of carbonyl (C=O) groups excluding carboxylic acids is 1. The molecule has 0 spiro atoms. The summed E-state index contributed by atoms with van der Waals surface area (Å²) in [6.07, 6.45) is 0.992. The minimum atomic E-state index is -0.926. The van der Waals surface area contributed by atoms with Crippen molar-refractivity contribution in [3.05, 3.63) is 103 Å². The van der Waals surface area contributed by atoms with Gasteiger partial charge >= 0.3 is 6.03 Å². The maximum Gasteiger partial charge on any atom is 0.321 e. The van der Waals surface area contributed by atoms with Gasteiger partial charge < -0.3 is 20.1 Å². The summed E-state index contributed by atoms with van der Waals surface area (Å²) in [5.41, 5.74) is 0.653. The first kappa shape index (κ1) is 21.0. The molecule has 33 heavy (non-hydrogen) atoms. The zero-order valence-electron chi connectivity index (χ0n) is 18.3. The van der Waals surface area contributed by atoms with Gasteiger partial charge in [-0.2, -0.15) is 0 Å². The van der Waals surface area contributed by atoms with Crippen LogP contribution in [0.5, 0.6) is 11.5 Å². The smallest absolute Gasteiger partial charge is 0.321 e. The number of nitrogens with one attached hydrogen (secondary N) is 1. The third kappa shape index (κ3) is 4.69. The van der Waals surface area contributed by atoms with Crippen molar-refractivity contribution in [2.45, 2.75) is 18.4 Å². The number of hydrogen-bond donors (Lipinski definition) is 2. The Bertz CT molecular complexity index is 1260. The third-order valence-corrected chi connectivity index (χ3v) is 6.23. The van der Waals surface area contributed by atoms with E-state index < -0.39 is 5.60 Å². The number of rotatable bonds is 4. The van der Waals surface area contributed by atoms with E-state index in [2.05, 4.69) is 23.5 Å². The van der Waals surface area contributed by atoms with Gasteiger partial charge in [-0.3, -0.25) is 0 Å². The van der Waals surface area contributed by atoms with Gasteiger partial charge in [0.15, 0.2) is 0 Å². The first-order valence-corrected chi connectivity index (χ1v) is 11.2. The van der Waals surface area contributed by atoms with Crippen molar-refractivity contribution < 1.29 is 14.6 Å². The molecule has 1 aliphatic rings. The van der Waals surface area contributed by atoms with Gasteiger partial charge in [-0.15, -0.1) is 0 Å². The summed E-state index contributed by atoms with van der Waals surface area (Å²) in [4.78, 5) is 14.6. The Kier molecular flexibility index (Phi) is 5.71. The van der Waals surface area contributed by atoms with Crippen LogP contribution in [0.25, 0.3) is 10.8 Å². The largest absolute Gasteiger partial charge is 0.457 e. The molecule has 0 saturated carbocycles. The molecule has 1 heterocycles. The Morgan fingerprint density at radius 1 is 0.788 bits per heavy atom. The van der Waals surface area contributed by atoms with E-state index in [1.54, 1.807) is 11.0 Å². The number of para-hydroxylation sites is 1. The third-order valence-electron chi connectivity index (χ3n) is 6.23. The number of hydrogen-bond acceptors (Lipinski definition) is 3. The highest BCUT2D eigenvalue weighted by atomic mass is 16.5. The molecule has 0 bridgehead atoms. The summed E-state index contributed by atoms with van der Waals surface area (Å²) >= 11 is 0. The molecule has 0 aromatic heterocycles. The van der Waals surface area contributed by atoms with E-state index >= 15 is 0 Å². The predicted molar refractivity (Wildman–Crippen MR) is 131 cm³/mol. The van der Waals surface area contributed by atoms with Crippen LogP contribution in [0.3, 0.4) is 0 Å². The van der Waals surface area contributed by atoms with E-state index in [1.165, 1.54) is 0 Å². The fourth-order valence-corrected chi connectivity index (χ4v) is 4.31. The van der Waals surface area contributed by atoms with E-state index in [0.717, 1.165) is 22.1 Å². The van der Waals surface area contributed by atoms with Gasteiger partial charge in [0.25, 0.3) is 0 Å². The molecule has 2 N–H and O–H groups in total. The van der Waals surface area contributed by atoms with Gasteiger partial charge in [-0.25, -0.2) is 4.79 Å². The van der Waals surface area contributed by atoms with Crippen LogP contribution < -0.4 is 10.1 Å². The van der Waals surface area contributed by atoms with Crippen molar-refractivity contribution in [2.24, 2.45) is 0 Å². The second-order valence-corrected chi connectivity index (χ2v) is 8.45. The average molecular weight is 439 g/mol. The van der Waals surface area contributed by atoms with Gasteiger partial charge in [-0.05, 0) is 59.5 Å². The van der Waals surface area contributed by atoms with Gasteiger partial charge in [-0.1, -0.05) is 60.7 Å². The summed E-state index contributed by atoms with van der Waals surface area (Å²) in [6, 6.07) is 30.9. The molecule has 1 aliphatic heterocycles. The number of nitrogens with zero attached hydrogens (tertiary/aromatic N) is 1. The summed E-state index contributed by atoms with van der Waals surface area (Å²) in [7, 11) is 0. The predicted octanol–water partition coefficient (Wildman–Crippen LogP) is 6.15. The molecule has 5 nitrogen and oxygen atoms in total. The van der Waals surface area contributed by atoms with Crippen LogP contribution in [0.15, 0.2) is 97.1 Å². The van der Waals surface area contributed by atoms with Crippen LogP contribution >= 0.6 is 0 Å². The number of fused-ring (bicyclic) bond motifs is 1. The molecule has 4 aromatic carbocycles. The van der Waals surface area contributed by atoms with Gasteiger partial charge in [0.1, 0.15) is 11.5 Å². The van der Waals surface area contributed by atoms with E-state index in [1.807, 2.05) is 72.8 Å². The summed E-state index contributed by atoms with van der Waals surface area (Å²) in [5.74, 6) is 1.40. The molecular weight excluding hydrogens is 412 g/mol. The van der Waals surface area contributed by atoms with Crippen molar-refractivity contribution in [1.82, 2.24) is 4.90 Å². The van der Waals surface area contributed by atoms with E-state index in [0.29, 0.717) is 37.4 Å². The highest BCUT2D eigenvalue weighted by molar-refractivity contribution is 5.89. The van der Waals surface area contributed by atoms with E-state index in [4.69, 9.17) is 4.74 Å². The zero-order valence-corrected chi connectivity index (χ0v) is 18.3. The molecule has 1 fully saturated rings. The van der Waals surface area contributed by atoms with Crippen molar-refractivity contribution in [2.75, 3.05) is 18.4 Å². The summed E-state index contributed by atoms with van der Waals surface area (Å²) < 4.78 is 5.85. The number of ether oxygens (including phenoxy) is 1. The SMILES string of the molecule is O=C(Nc1cccc(Oc2ccccc2)c1)N1CCC(O)(c2ccc3ccccc3c2)CC1. The molecule has 4 aromatic rings. The van der Waals surface area contributed by atoms with Crippen molar-refractivity contribution in [1.29, 1.82) is 0 Å². The molecule has 0 radical (unpaired) electrons. The lowest BCUT2D eigenvalue weighted by molar-refractivity contribution is -0.0155. The minimum Gasteiger partial charge on any atom is -0.457 e. The first-order chi connectivity index (χ1) is 16.1. The molecule has 5 heteroatoms. The van der Waals surface area contributed by atoms with E-state index in [-0.39, 0.29) is 6.03 Å². The maximum atomic E-state index is 12.9. The number of aliphatic hydroxyl groups is 1. The molecule has 166 valence electrons. The second kappa shape index (κ2) is 8.96. The molecule has 0 atom stereocenters. The number of carbonyl (C=O) groups is 1. The molecule has 2 amide bonds. The zero-order chi connectivity index (χ0) is 22.7. The number of amides is 2. The Hall–Kier alpha value is -3.83. The lowest BCUT2D eigenvalue weighted by Gasteiger charge is -2.38. The van der Waals surface area contributed by atoms with E-state index in [9.17, 15) is 9.90 Å². The van der Waals surface area contributed by atoms with Crippen molar-refractivity contribution in [3.63, 3.8) is 0 Å². The lowest BCUT2D eigenvalue weighted by Crippen LogP contribution is -2.46. The molecule has 1 saturated heterocycles. The van der Waals surface area contributed by atoms with Crippen LogP contribution in [0.4, 0.5) is 10.5 Å². The number of anilines is 1. The van der Waals surface area contributed by atoms with Crippen LogP contribution in [-0.4, -0.2) is 29.1 Å². The average Bonchev–Trinajstić information content (AvgIpc) is 2.85. The first-order valence-electron chi connectivity index (χ1n) is 11.2. The number of likely N-dealkylation sites (tertiary alicyclic amines) is 1. The quantitative estimate of drug-likeness (QED) is 0.402. The van der Waals surface area contributed by atoms with Crippen molar-refractivity contribution in [3.8, 4) is 11.5 Å².